The van der Waals surface area contributed by atoms with Crippen molar-refractivity contribution in [1.82, 2.24) is 4.98 Å². The van der Waals surface area contributed by atoms with E-state index in [1.807, 2.05) is 30.3 Å². The Labute approximate surface area is 112 Å². The molecule has 0 amide bonds. The number of aromatic nitrogens is 1. The van der Waals surface area contributed by atoms with Crippen LogP contribution in [0, 0.1) is 0 Å². The second kappa shape index (κ2) is 5.85. The van der Waals surface area contributed by atoms with Crippen LogP contribution in [-0.4, -0.2) is 12.1 Å². The van der Waals surface area contributed by atoms with Crippen LogP contribution in [0.15, 0.2) is 42.7 Å². The summed E-state index contributed by atoms with van der Waals surface area (Å²) in [7, 11) is 1.65. The average molecular weight is 263 g/mol. The van der Waals surface area contributed by atoms with Crippen LogP contribution in [0.2, 0.25) is 5.02 Å². The number of hydrogen-bond donors (Lipinski definition) is 1. The molecule has 1 aromatic heterocycles. The number of methoxy groups -OCH3 is 1. The Bertz CT molecular complexity index is 531. The molecule has 2 rings (SSSR count). The van der Waals surface area contributed by atoms with E-state index in [9.17, 15) is 0 Å². The maximum absolute atomic E-state index is 6.17. The van der Waals surface area contributed by atoms with Crippen molar-refractivity contribution in [2.24, 2.45) is 5.73 Å². The second-order valence-electron chi connectivity index (χ2n) is 4.06. The lowest BCUT2D eigenvalue weighted by molar-refractivity contribution is 0.414. The molecule has 1 atom stereocenters. The highest BCUT2D eigenvalue weighted by atomic mass is 35.5. The van der Waals surface area contributed by atoms with Crippen LogP contribution in [0.25, 0.3) is 0 Å². The van der Waals surface area contributed by atoms with Gasteiger partial charge < -0.3 is 10.5 Å². The molecule has 0 aliphatic carbocycles. The van der Waals surface area contributed by atoms with Crippen molar-refractivity contribution in [3.05, 3.63) is 58.9 Å². The molecule has 1 heterocycles. The summed E-state index contributed by atoms with van der Waals surface area (Å²) in [6.07, 6.45) is 4.02. The number of ether oxygens (including phenoxy) is 1. The van der Waals surface area contributed by atoms with Crippen molar-refractivity contribution >= 4 is 11.6 Å². The van der Waals surface area contributed by atoms with Crippen molar-refractivity contribution in [3.63, 3.8) is 0 Å². The maximum atomic E-state index is 6.17. The zero-order valence-corrected chi connectivity index (χ0v) is 10.9. The topological polar surface area (TPSA) is 48.1 Å². The third kappa shape index (κ3) is 3.00. The van der Waals surface area contributed by atoms with Gasteiger partial charge in [0.05, 0.1) is 12.1 Å². The molecule has 1 unspecified atom stereocenters. The molecule has 94 valence electrons. The van der Waals surface area contributed by atoms with Crippen molar-refractivity contribution in [1.29, 1.82) is 0 Å². The fraction of sp³-hybridized carbons (Fsp3) is 0.214. The monoisotopic (exact) mass is 262 g/mol. The van der Waals surface area contributed by atoms with Crippen molar-refractivity contribution < 1.29 is 4.74 Å². The lowest BCUT2D eigenvalue weighted by Crippen LogP contribution is -2.14. The molecular formula is C14H15ClN2O. The molecule has 0 fully saturated rings. The summed E-state index contributed by atoms with van der Waals surface area (Å²) < 4.78 is 5.19. The second-order valence-corrected chi connectivity index (χ2v) is 4.47. The van der Waals surface area contributed by atoms with Gasteiger partial charge in [0, 0.05) is 18.4 Å². The molecule has 0 saturated carbocycles. The molecule has 4 heteroatoms. The van der Waals surface area contributed by atoms with Gasteiger partial charge in [-0.15, -0.1) is 0 Å². The Hall–Kier alpha value is -1.58. The minimum Gasteiger partial charge on any atom is -0.497 e. The Morgan fingerprint density at radius 1 is 1.39 bits per heavy atom. The Morgan fingerprint density at radius 2 is 2.22 bits per heavy atom. The van der Waals surface area contributed by atoms with Gasteiger partial charge in [0.15, 0.2) is 0 Å². The van der Waals surface area contributed by atoms with E-state index in [1.165, 1.54) is 0 Å². The van der Waals surface area contributed by atoms with Gasteiger partial charge in [-0.2, -0.15) is 0 Å². The van der Waals surface area contributed by atoms with Crippen LogP contribution in [0.4, 0.5) is 0 Å². The summed E-state index contributed by atoms with van der Waals surface area (Å²) in [6.45, 7) is 0. The Kier molecular flexibility index (Phi) is 4.18. The van der Waals surface area contributed by atoms with E-state index in [1.54, 1.807) is 19.5 Å². The predicted octanol–water partition coefficient (Wildman–Crippen LogP) is 2.99. The third-order valence-corrected chi connectivity index (χ3v) is 3.11. The van der Waals surface area contributed by atoms with Gasteiger partial charge in [-0.05, 0) is 35.7 Å². The van der Waals surface area contributed by atoms with E-state index in [-0.39, 0.29) is 6.04 Å². The first-order valence-corrected chi connectivity index (χ1v) is 6.06. The number of hydrogen-bond acceptors (Lipinski definition) is 3. The standard InChI is InChI=1S/C14H15ClN2O/c1-18-11-4-2-3-10(7-11)8-14(16)12-5-6-17-9-13(12)15/h2-7,9,14H,8,16H2,1H3. The molecule has 18 heavy (non-hydrogen) atoms. The fourth-order valence-corrected chi connectivity index (χ4v) is 2.11. The maximum Gasteiger partial charge on any atom is 0.119 e. The van der Waals surface area contributed by atoms with E-state index in [4.69, 9.17) is 22.1 Å². The van der Waals surface area contributed by atoms with E-state index < -0.39 is 0 Å². The molecule has 0 bridgehead atoms. The first kappa shape index (κ1) is 12.9. The molecule has 0 spiro atoms. The minimum absolute atomic E-state index is 0.146. The summed E-state index contributed by atoms with van der Waals surface area (Å²) >= 11 is 6.08. The van der Waals surface area contributed by atoms with Gasteiger partial charge in [-0.1, -0.05) is 23.7 Å². The van der Waals surface area contributed by atoms with E-state index in [2.05, 4.69) is 4.98 Å². The van der Waals surface area contributed by atoms with Crippen molar-refractivity contribution in [3.8, 4) is 5.75 Å². The highest BCUT2D eigenvalue weighted by molar-refractivity contribution is 6.31. The summed E-state index contributed by atoms with van der Waals surface area (Å²) in [5.41, 5.74) is 8.20. The van der Waals surface area contributed by atoms with Gasteiger partial charge in [-0.3, -0.25) is 4.98 Å². The summed E-state index contributed by atoms with van der Waals surface area (Å²) in [4.78, 5) is 3.95. The van der Waals surface area contributed by atoms with E-state index >= 15 is 0 Å². The highest BCUT2D eigenvalue weighted by Crippen LogP contribution is 2.24. The Morgan fingerprint density at radius 3 is 2.94 bits per heavy atom. The molecular weight excluding hydrogens is 248 g/mol. The number of nitrogens with zero attached hydrogens (tertiary/aromatic N) is 1. The zero-order chi connectivity index (χ0) is 13.0. The zero-order valence-electron chi connectivity index (χ0n) is 10.1. The molecule has 3 nitrogen and oxygen atoms in total. The lowest BCUT2D eigenvalue weighted by Gasteiger charge is -2.13. The molecule has 1 aromatic carbocycles. The van der Waals surface area contributed by atoms with Gasteiger partial charge in [0.2, 0.25) is 0 Å². The largest absolute Gasteiger partial charge is 0.497 e. The highest BCUT2D eigenvalue weighted by Gasteiger charge is 2.11. The summed E-state index contributed by atoms with van der Waals surface area (Å²) in [6, 6.07) is 9.58. The summed E-state index contributed by atoms with van der Waals surface area (Å²) in [5, 5.41) is 0.605. The third-order valence-electron chi connectivity index (χ3n) is 2.79. The first-order valence-electron chi connectivity index (χ1n) is 5.68. The van der Waals surface area contributed by atoms with Gasteiger partial charge >= 0.3 is 0 Å². The van der Waals surface area contributed by atoms with Gasteiger partial charge in [0.1, 0.15) is 5.75 Å². The summed E-state index contributed by atoms with van der Waals surface area (Å²) in [5.74, 6) is 0.834. The van der Waals surface area contributed by atoms with Gasteiger partial charge in [-0.25, -0.2) is 0 Å². The molecule has 2 N–H and O–H groups in total. The lowest BCUT2D eigenvalue weighted by atomic mass is 10.0. The molecule has 2 aromatic rings. The van der Waals surface area contributed by atoms with Crippen molar-refractivity contribution in [2.45, 2.75) is 12.5 Å². The van der Waals surface area contributed by atoms with Crippen LogP contribution in [-0.2, 0) is 6.42 Å². The number of halogens is 1. The normalized spacial score (nSPS) is 12.2. The molecule has 0 radical (unpaired) electrons. The first-order chi connectivity index (χ1) is 8.70. The van der Waals surface area contributed by atoms with E-state index in [0.29, 0.717) is 11.4 Å². The van der Waals surface area contributed by atoms with Crippen LogP contribution in [0.5, 0.6) is 5.75 Å². The number of benzene rings is 1. The molecule has 0 aliphatic rings. The average Bonchev–Trinajstić information content (AvgIpc) is 2.39. The number of nitrogens with two attached hydrogens (primary N) is 1. The molecule has 0 saturated heterocycles. The van der Waals surface area contributed by atoms with Crippen LogP contribution >= 0.6 is 11.6 Å². The molecule has 0 aliphatic heterocycles. The van der Waals surface area contributed by atoms with Gasteiger partial charge in [0.25, 0.3) is 0 Å². The Balaban J connectivity index is 2.16. The van der Waals surface area contributed by atoms with E-state index in [0.717, 1.165) is 16.9 Å². The predicted molar refractivity (Wildman–Crippen MR) is 72.9 cm³/mol. The van der Waals surface area contributed by atoms with Crippen molar-refractivity contribution in [2.75, 3.05) is 7.11 Å². The van der Waals surface area contributed by atoms with Crippen LogP contribution in [0.1, 0.15) is 17.2 Å². The van der Waals surface area contributed by atoms with Crippen LogP contribution < -0.4 is 10.5 Å². The fourth-order valence-electron chi connectivity index (χ4n) is 1.85. The SMILES string of the molecule is COc1cccc(CC(N)c2ccncc2Cl)c1. The number of pyridine rings is 1. The number of rotatable bonds is 4. The smallest absolute Gasteiger partial charge is 0.119 e. The minimum atomic E-state index is -0.146. The van der Waals surface area contributed by atoms with Crippen LogP contribution in [0.3, 0.4) is 0 Å². The quantitative estimate of drug-likeness (QED) is 0.922.